The number of nitriles is 2. The lowest BCUT2D eigenvalue weighted by Gasteiger charge is -2.18. The van der Waals surface area contributed by atoms with Gasteiger partial charge in [-0.15, -0.1) is 0 Å². The molecule has 8 rings (SSSR count). The molecule has 0 saturated carbocycles. The fourth-order valence-corrected chi connectivity index (χ4v) is 6.77. The molecule has 0 aliphatic heterocycles. The second-order valence-electron chi connectivity index (χ2n) is 11.6. The average molecular weight is 617 g/mol. The SMILES string of the molecule is Cc1ccc2c(c1)c1ccccc1n2-c1cc(-c2cccc(C#N)c2)cc(-n2c3ccccc3c3cc(C(F)(F)F)ccc32)c1C#N. The van der Waals surface area contributed by atoms with Crippen LogP contribution < -0.4 is 0 Å². The van der Waals surface area contributed by atoms with Gasteiger partial charge in [0, 0.05) is 21.5 Å². The predicted molar refractivity (Wildman–Crippen MR) is 180 cm³/mol. The van der Waals surface area contributed by atoms with Gasteiger partial charge in [-0.25, -0.2) is 0 Å². The Bertz CT molecular complexity index is 2660. The molecule has 0 bridgehead atoms. The van der Waals surface area contributed by atoms with E-state index >= 15 is 0 Å². The Hall–Kier alpha value is -6.31. The van der Waals surface area contributed by atoms with Crippen molar-refractivity contribution in [3.63, 3.8) is 0 Å². The summed E-state index contributed by atoms with van der Waals surface area (Å²) in [7, 11) is 0. The molecule has 0 N–H and O–H groups in total. The Labute approximate surface area is 267 Å². The molecule has 0 aliphatic rings. The van der Waals surface area contributed by atoms with Crippen LogP contribution in [-0.2, 0) is 6.18 Å². The van der Waals surface area contributed by atoms with Crippen molar-refractivity contribution in [2.24, 2.45) is 0 Å². The fraction of sp³-hybridized carbons (Fsp3) is 0.0500. The Kier molecular flexibility index (Phi) is 6.22. The summed E-state index contributed by atoms with van der Waals surface area (Å²) in [5.41, 5.74) is 6.91. The van der Waals surface area contributed by atoms with Gasteiger partial charge < -0.3 is 9.13 Å². The van der Waals surface area contributed by atoms with Crippen LogP contribution in [0.15, 0.2) is 121 Å². The average Bonchev–Trinajstić information content (AvgIpc) is 3.59. The molecule has 0 unspecified atom stereocenters. The summed E-state index contributed by atoms with van der Waals surface area (Å²) < 4.78 is 45.6. The molecular weight excluding hydrogens is 593 g/mol. The highest BCUT2D eigenvalue weighted by molar-refractivity contribution is 6.11. The highest BCUT2D eigenvalue weighted by Crippen LogP contribution is 2.41. The van der Waals surface area contributed by atoms with Gasteiger partial charge in [0.25, 0.3) is 0 Å². The minimum Gasteiger partial charge on any atom is -0.308 e. The van der Waals surface area contributed by atoms with E-state index in [1.807, 2.05) is 78.2 Å². The van der Waals surface area contributed by atoms with E-state index in [4.69, 9.17) is 0 Å². The Morgan fingerprint density at radius 1 is 0.532 bits per heavy atom. The number of aryl methyl sites for hydroxylation is 1. The van der Waals surface area contributed by atoms with Crippen LogP contribution in [-0.4, -0.2) is 9.13 Å². The first kappa shape index (κ1) is 28.2. The molecule has 47 heavy (non-hydrogen) atoms. The molecule has 6 aromatic carbocycles. The second-order valence-corrected chi connectivity index (χ2v) is 11.6. The van der Waals surface area contributed by atoms with E-state index in [-0.39, 0.29) is 0 Å². The monoisotopic (exact) mass is 616 g/mol. The van der Waals surface area contributed by atoms with Crippen molar-refractivity contribution in [3.8, 4) is 34.6 Å². The molecule has 0 spiro atoms. The van der Waals surface area contributed by atoms with Gasteiger partial charge >= 0.3 is 6.18 Å². The minimum atomic E-state index is -4.51. The fourth-order valence-electron chi connectivity index (χ4n) is 6.77. The van der Waals surface area contributed by atoms with Crippen LogP contribution in [0.3, 0.4) is 0 Å². The number of para-hydroxylation sites is 2. The van der Waals surface area contributed by atoms with Crippen molar-refractivity contribution in [3.05, 3.63) is 144 Å². The summed E-state index contributed by atoms with van der Waals surface area (Å²) in [6.07, 6.45) is -4.51. The molecule has 2 heterocycles. The molecule has 0 saturated heterocycles. The third kappa shape index (κ3) is 4.36. The maximum atomic E-state index is 13.9. The van der Waals surface area contributed by atoms with E-state index in [0.29, 0.717) is 44.3 Å². The van der Waals surface area contributed by atoms with Gasteiger partial charge in [0.05, 0.1) is 50.6 Å². The number of aromatic nitrogens is 2. The van der Waals surface area contributed by atoms with Crippen LogP contribution in [0.25, 0.3) is 66.1 Å². The van der Waals surface area contributed by atoms with Gasteiger partial charge in [-0.05, 0) is 84.8 Å². The molecule has 4 nitrogen and oxygen atoms in total. The van der Waals surface area contributed by atoms with Crippen LogP contribution in [0.2, 0.25) is 0 Å². The maximum Gasteiger partial charge on any atom is 0.416 e. The number of benzene rings is 6. The maximum absolute atomic E-state index is 13.9. The van der Waals surface area contributed by atoms with E-state index in [0.717, 1.165) is 44.6 Å². The van der Waals surface area contributed by atoms with Crippen molar-refractivity contribution >= 4 is 43.6 Å². The third-order valence-corrected chi connectivity index (χ3v) is 8.84. The van der Waals surface area contributed by atoms with E-state index in [9.17, 15) is 23.7 Å². The number of nitrogens with zero attached hydrogens (tertiary/aromatic N) is 4. The van der Waals surface area contributed by atoms with Crippen LogP contribution in [0, 0.1) is 29.6 Å². The molecule has 224 valence electrons. The third-order valence-electron chi connectivity index (χ3n) is 8.84. The van der Waals surface area contributed by atoms with E-state index < -0.39 is 11.7 Å². The number of fused-ring (bicyclic) bond motifs is 6. The Morgan fingerprint density at radius 2 is 1.11 bits per heavy atom. The smallest absolute Gasteiger partial charge is 0.308 e. The van der Waals surface area contributed by atoms with E-state index in [2.05, 4.69) is 28.8 Å². The van der Waals surface area contributed by atoms with Crippen LogP contribution >= 0.6 is 0 Å². The minimum absolute atomic E-state index is 0.357. The number of hydrogen-bond acceptors (Lipinski definition) is 2. The van der Waals surface area contributed by atoms with Crippen LogP contribution in [0.4, 0.5) is 13.2 Å². The van der Waals surface area contributed by atoms with Crippen molar-refractivity contribution in [2.75, 3.05) is 0 Å². The van der Waals surface area contributed by atoms with E-state index in [1.165, 1.54) is 12.1 Å². The highest BCUT2D eigenvalue weighted by atomic mass is 19.4. The van der Waals surface area contributed by atoms with Crippen LogP contribution in [0.1, 0.15) is 22.3 Å². The van der Waals surface area contributed by atoms with Crippen molar-refractivity contribution in [1.82, 2.24) is 9.13 Å². The molecule has 7 heteroatoms. The van der Waals surface area contributed by atoms with Gasteiger partial charge in [-0.3, -0.25) is 0 Å². The lowest BCUT2D eigenvalue weighted by molar-refractivity contribution is -0.137. The second kappa shape index (κ2) is 10.4. The Morgan fingerprint density at radius 3 is 1.70 bits per heavy atom. The summed E-state index contributed by atoms with van der Waals surface area (Å²) in [4.78, 5) is 0. The lowest BCUT2D eigenvalue weighted by Crippen LogP contribution is -2.06. The van der Waals surface area contributed by atoms with Crippen molar-refractivity contribution in [1.29, 1.82) is 10.5 Å². The van der Waals surface area contributed by atoms with E-state index in [1.54, 1.807) is 24.3 Å². The first-order valence-electron chi connectivity index (χ1n) is 15.0. The summed E-state index contributed by atoms with van der Waals surface area (Å²) in [5, 5.41) is 23.8. The number of halogens is 3. The topological polar surface area (TPSA) is 57.4 Å². The zero-order chi connectivity index (χ0) is 32.4. The van der Waals surface area contributed by atoms with Crippen LogP contribution in [0.5, 0.6) is 0 Å². The zero-order valence-electron chi connectivity index (χ0n) is 25.0. The van der Waals surface area contributed by atoms with Gasteiger partial charge in [-0.1, -0.05) is 60.2 Å². The molecule has 8 aromatic rings. The van der Waals surface area contributed by atoms with Gasteiger partial charge in [0.15, 0.2) is 0 Å². The lowest BCUT2D eigenvalue weighted by atomic mass is 9.98. The molecule has 0 radical (unpaired) electrons. The Balaban J connectivity index is 1.55. The zero-order valence-corrected chi connectivity index (χ0v) is 25.0. The largest absolute Gasteiger partial charge is 0.416 e. The molecule has 2 aromatic heterocycles. The number of alkyl halides is 3. The van der Waals surface area contributed by atoms with Gasteiger partial charge in [0.2, 0.25) is 0 Å². The van der Waals surface area contributed by atoms with Crippen molar-refractivity contribution in [2.45, 2.75) is 13.1 Å². The first-order valence-corrected chi connectivity index (χ1v) is 15.0. The standard InChI is InChI=1S/C40H23F3N4/c1-24-13-15-36-31(17-24)29-9-2-4-11-34(29)46(36)38-19-27(26-8-6-7-25(18-26)22-44)20-39(33(38)23-45)47-35-12-5-3-10-30(35)32-21-28(40(41,42)43)14-16-37(32)47/h2-21H,1H3. The number of rotatable bonds is 3. The highest BCUT2D eigenvalue weighted by Gasteiger charge is 2.31. The summed E-state index contributed by atoms with van der Waals surface area (Å²) >= 11 is 0. The van der Waals surface area contributed by atoms with Gasteiger partial charge in [-0.2, -0.15) is 23.7 Å². The van der Waals surface area contributed by atoms with Gasteiger partial charge in [0.1, 0.15) is 11.6 Å². The summed E-state index contributed by atoms with van der Waals surface area (Å²) in [6, 6.07) is 41.1. The molecule has 0 amide bonds. The molecule has 0 atom stereocenters. The summed E-state index contributed by atoms with van der Waals surface area (Å²) in [6.45, 7) is 2.04. The molecule has 0 fully saturated rings. The predicted octanol–water partition coefficient (Wildman–Crippen LogP) is 10.6. The molecule has 0 aliphatic carbocycles. The summed E-state index contributed by atoms with van der Waals surface area (Å²) in [5.74, 6) is 0. The van der Waals surface area contributed by atoms with Crippen molar-refractivity contribution < 1.29 is 13.2 Å². The number of hydrogen-bond donors (Lipinski definition) is 0. The molecular formula is C40H23F3N4. The quantitative estimate of drug-likeness (QED) is 0.198. The first-order chi connectivity index (χ1) is 22.8. The normalized spacial score (nSPS) is 11.8.